The number of anilines is 2. The Kier molecular flexibility index (Phi) is 4.32. The van der Waals surface area contributed by atoms with Crippen LogP contribution < -0.4 is 9.62 Å². The van der Waals surface area contributed by atoms with Gasteiger partial charge in [-0.1, -0.05) is 24.3 Å². The Morgan fingerprint density at radius 2 is 1.88 bits per heavy atom. The van der Waals surface area contributed by atoms with Crippen LogP contribution in [0.4, 0.5) is 11.4 Å². The van der Waals surface area contributed by atoms with E-state index in [-0.39, 0.29) is 11.7 Å². The van der Waals surface area contributed by atoms with E-state index in [9.17, 15) is 13.2 Å². The van der Waals surface area contributed by atoms with Crippen molar-refractivity contribution in [1.82, 2.24) is 0 Å². The molecule has 2 aromatic rings. The Balaban J connectivity index is 1.81. The van der Waals surface area contributed by atoms with Crippen LogP contribution in [0, 0.1) is 6.92 Å². The predicted octanol–water partition coefficient (Wildman–Crippen LogP) is 2.85. The number of carbonyl (C=O) groups is 1. The standard InChI is InChI=1S/C18H20N2O3S/c1-13-5-3-4-6-15(13)12-24(22,23)19-16-8-9-17-14(11-16)7-10-18(21)20(17)2/h3-6,8-9,11,19H,7,10,12H2,1-2H3. The second-order valence-corrected chi connectivity index (χ2v) is 7.81. The normalized spacial score (nSPS) is 14.4. The maximum atomic E-state index is 12.4. The quantitative estimate of drug-likeness (QED) is 0.927. The van der Waals surface area contributed by atoms with Crippen LogP contribution in [-0.2, 0) is 27.0 Å². The first-order valence-corrected chi connectivity index (χ1v) is 9.45. The van der Waals surface area contributed by atoms with Crippen molar-refractivity contribution in [3.63, 3.8) is 0 Å². The molecule has 3 rings (SSSR count). The fourth-order valence-corrected chi connectivity index (χ4v) is 4.20. The monoisotopic (exact) mass is 344 g/mol. The summed E-state index contributed by atoms with van der Waals surface area (Å²) in [4.78, 5) is 13.3. The van der Waals surface area contributed by atoms with Crippen LogP contribution in [-0.4, -0.2) is 21.4 Å². The Morgan fingerprint density at radius 3 is 2.62 bits per heavy atom. The van der Waals surface area contributed by atoms with E-state index in [1.54, 1.807) is 24.1 Å². The molecule has 0 fully saturated rings. The minimum atomic E-state index is -3.49. The highest BCUT2D eigenvalue weighted by Gasteiger charge is 2.21. The van der Waals surface area contributed by atoms with Crippen molar-refractivity contribution in [2.24, 2.45) is 0 Å². The van der Waals surface area contributed by atoms with Crippen molar-refractivity contribution in [2.45, 2.75) is 25.5 Å². The molecule has 0 atom stereocenters. The number of sulfonamides is 1. The average Bonchev–Trinajstić information content (AvgIpc) is 2.53. The minimum Gasteiger partial charge on any atom is -0.315 e. The van der Waals surface area contributed by atoms with Crippen molar-refractivity contribution in [2.75, 3.05) is 16.7 Å². The van der Waals surface area contributed by atoms with E-state index < -0.39 is 10.0 Å². The lowest BCUT2D eigenvalue weighted by molar-refractivity contribution is -0.118. The van der Waals surface area contributed by atoms with Gasteiger partial charge in [-0.2, -0.15) is 0 Å². The van der Waals surface area contributed by atoms with Gasteiger partial charge in [0.05, 0.1) is 5.75 Å². The topological polar surface area (TPSA) is 66.5 Å². The lowest BCUT2D eigenvalue weighted by Crippen LogP contribution is -2.31. The van der Waals surface area contributed by atoms with Gasteiger partial charge in [0.25, 0.3) is 0 Å². The van der Waals surface area contributed by atoms with Gasteiger partial charge in [-0.25, -0.2) is 8.42 Å². The van der Waals surface area contributed by atoms with Crippen LogP contribution in [0.1, 0.15) is 23.1 Å². The molecule has 126 valence electrons. The molecule has 0 saturated carbocycles. The average molecular weight is 344 g/mol. The first-order valence-electron chi connectivity index (χ1n) is 7.80. The molecule has 0 saturated heterocycles. The maximum absolute atomic E-state index is 12.4. The number of nitrogens with one attached hydrogen (secondary N) is 1. The summed E-state index contributed by atoms with van der Waals surface area (Å²) in [6.45, 7) is 1.90. The molecule has 0 spiro atoms. The lowest BCUT2D eigenvalue weighted by Gasteiger charge is -2.26. The maximum Gasteiger partial charge on any atom is 0.236 e. The number of hydrogen-bond donors (Lipinski definition) is 1. The molecule has 24 heavy (non-hydrogen) atoms. The third-order valence-electron chi connectivity index (χ3n) is 4.30. The van der Waals surface area contributed by atoms with Gasteiger partial charge in [-0.05, 0) is 48.2 Å². The molecule has 0 radical (unpaired) electrons. The molecule has 5 nitrogen and oxygen atoms in total. The summed E-state index contributed by atoms with van der Waals surface area (Å²) in [5.41, 5.74) is 4.09. The summed E-state index contributed by atoms with van der Waals surface area (Å²) in [5.74, 6) is 0.0187. The largest absolute Gasteiger partial charge is 0.315 e. The number of carbonyl (C=O) groups excluding carboxylic acids is 1. The fraction of sp³-hybridized carbons (Fsp3) is 0.278. The number of nitrogens with zero attached hydrogens (tertiary/aromatic N) is 1. The minimum absolute atomic E-state index is 0.0604. The Bertz CT molecular complexity index is 891. The summed E-state index contributed by atoms with van der Waals surface area (Å²) in [6, 6.07) is 12.7. The summed E-state index contributed by atoms with van der Waals surface area (Å²) >= 11 is 0. The SMILES string of the molecule is Cc1ccccc1CS(=O)(=O)Nc1ccc2c(c1)CCC(=O)N2C. The molecule has 2 aromatic carbocycles. The molecule has 0 unspecified atom stereocenters. The van der Waals surface area contributed by atoms with Gasteiger partial charge < -0.3 is 4.90 Å². The second-order valence-electron chi connectivity index (χ2n) is 6.08. The van der Waals surface area contributed by atoms with Crippen molar-refractivity contribution in [1.29, 1.82) is 0 Å². The van der Waals surface area contributed by atoms with Crippen LogP contribution in [0.5, 0.6) is 0 Å². The highest BCUT2D eigenvalue weighted by Crippen LogP contribution is 2.29. The zero-order chi connectivity index (χ0) is 17.3. The molecule has 0 bridgehead atoms. The third-order valence-corrected chi connectivity index (χ3v) is 5.54. The molecule has 6 heteroatoms. The number of aryl methyl sites for hydroxylation is 2. The zero-order valence-corrected chi connectivity index (χ0v) is 14.6. The van der Waals surface area contributed by atoms with E-state index in [0.717, 1.165) is 22.4 Å². The molecule has 1 aliphatic rings. The fourth-order valence-electron chi connectivity index (χ4n) is 2.91. The smallest absolute Gasteiger partial charge is 0.236 e. The molecule has 0 aromatic heterocycles. The van der Waals surface area contributed by atoms with Gasteiger partial charge in [0, 0.05) is 24.8 Å². The summed E-state index contributed by atoms with van der Waals surface area (Å²) in [6.07, 6.45) is 1.08. The van der Waals surface area contributed by atoms with Crippen molar-refractivity contribution in [3.8, 4) is 0 Å². The number of rotatable bonds is 4. The van der Waals surface area contributed by atoms with Crippen molar-refractivity contribution in [3.05, 3.63) is 59.2 Å². The van der Waals surface area contributed by atoms with E-state index in [2.05, 4.69) is 4.72 Å². The molecular formula is C18H20N2O3S. The van der Waals surface area contributed by atoms with Crippen LogP contribution in [0.2, 0.25) is 0 Å². The number of hydrogen-bond acceptors (Lipinski definition) is 3. The summed E-state index contributed by atoms with van der Waals surface area (Å²) in [5, 5.41) is 0. The van der Waals surface area contributed by atoms with Gasteiger partial charge in [0.2, 0.25) is 15.9 Å². The van der Waals surface area contributed by atoms with Crippen LogP contribution in [0.3, 0.4) is 0 Å². The summed E-state index contributed by atoms with van der Waals surface area (Å²) in [7, 11) is -1.75. The highest BCUT2D eigenvalue weighted by molar-refractivity contribution is 7.91. The van der Waals surface area contributed by atoms with Gasteiger partial charge in [0.15, 0.2) is 0 Å². The molecule has 1 heterocycles. The van der Waals surface area contributed by atoms with Crippen LogP contribution in [0.25, 0.3) is 0 Å². The third kappa shape index (κ3) is 3.43. The number of fused-ring (bicyclic) bond motifs is 1. The number of amides is 1. The second kappa shape index (κ2) is 6.28. The van der Waals surface area contributed by atoms with Gasteiger partial charge in [0.1, 0.15) is 0 Å². The van der Waals surface area contributed by atoms with Gasteiger partial charge in [-0.3, -0.25) is 9.52 Å². The first-order chi connectivity index (χ1) is 11.4. The lowest BCUT2D eigenvalue weighted by atomic mass is 10.0. The molecule has 0 aliphatic carbocycles. The summed E-state index contributed by atoms with van der Waals surface area (Å²) < 4.78 is 27.5. The molecule has 1 aliphatic heterocycles. The van der Waals surface area contributed by atoms with E-state index in [1.807, 2.05) is 37.3 Å². The molecular weight excluding hydrogens is 324 g/mol. The van der Waals surface area contributed by atoms with E-state index >= 15 is 0 Å². The van der Waals surface area contributed by atoms with Crippen LogP contribution >= 0.6 is 0 Å². The first kappa shape index (κ1) is 16.5. The molecule has 1 N–H and O–H groups in total. The Hall–Kier alpha value is -2.34. The van der Waals surface area contributed by atoms with Gasteiger partial charge in [-0.15, -0.1) is 0 Å². The Morgan fingerprint density at radius 1 is 1.12 bits per heavy atom. The van der Waals surface area contributed by atoms with E-state index in [4.69, 9.17) is 0 Å². The van der Waals surface area contributed by atoms with Crippen molar-refractivity contribution >= 4 is 27.3 Å². The predicted molar refractivity (Wildman–Crippen MR) is 95.6 cm³/mol. The van der Waals surface area contributed by atoms with Crippen molar-refractivity contribution < 1.29 is 13.2 Å². The van der Waals surface area contributed by atoms with E-state index in [1.165, 1.54) is 0 Å². The highest BCUT2D eigenvalue weighted by atomic mass is 32.2. The van der Waals surface area contributed by atoms with Gasteiger partial charge >= 0.3 is 0 Å². The zero-order valence-electron chi connectivity index (χ0n) is 13.7. The number of benzene rings is 2. The Labute approximate surface area is 142 Å². The van der Waals surface area contributed by atoms with Crippen LogP contribution in [0.15, 0.2) is 42.5 Å². The molecule has 1 amide bonds. The van der Waals surface area contributed by atoms with E-state index in [0.29, 0.717) is 18.5 Å².